The molecule has 0 saturated carbocycles. The van der Waals surface area contributed by atoms with Gasteiger partial charge < -0.3 is 9.64 Å². The van der Waals surface area contributed by atoms with E-state index in [1.165, 1.54) is 11.0 Å². The lowest BCUT2D eigenvalue weighted by Crippen LogP contribution is -2.43. The van der Waals surface area contributed by atoms with Gasteiger partial charge in [0.1, 0.15) is 4.34 Å². The first-order chi connectivity index (χ1) is 10.7. The van der Waals surface area contributed by atoms with E-state index >= 15 is 0 Å². The van der Waals surface area contributed by atoms with E-state index in [0.29, 0.717) is 17.3 Å². The van der Waals surface area contributed by atoms with Crippen molar-refractivity contribution in [3.63, 3.8) is 0 Å². The standard InChI is InChI=1S/C13H15Cl2NO5S2/c1-2-16(8-3-4-23(19,20)7-8)11(17)6-21-13(18)9-5-10(14)22-12(9)15/h5,8H,2-4,6-7H2,1H3. The zero-order chi connectivity index (χ0) is 17.2. The summed E-state index contributed by atoms with van der Waals surface area (Å²) in [5, 5.41) is 0. The number of ether oxygens (including phenoxy) is 1. The second kappa shape index (κ2) is 7.38. The lowest BCUT2D eigenvalue weighted by atomic mass is 10.2. The molecule has 0 aromatic carbocycles. The summed E-state index contributed by atoms with van der Waals surface area (Å²) in [6.07, 6.45) is 0.405. The Bertz CT molecular complexity index is 716. The molecule has 1 aliphatic rings. The van der Waals surface area contributed by atoms with E-state index < -0.39 is 28.3 Å². The number of halogens is 2. The van der Waals surface area contributed by atoms with Crippen LogP contribution in [-0.2, 0) is 19.4 Å². The van der Waals surface area contributed by atoms with Gasteiger partial charge in [0.25, 0.3) is 5.91 Å². The minimum absolute atomic E-state index is 0.0491. The number of carbonyl (C=O) groups excluding carboxylic acids is 2. The van der Waals surface area contributed by atoms with Crippen molar-refractivity contribution < 1.29 is 22.7 Å². The third kappa shape index (κ3) is 4.59. The molecule has 128 valence electrons. The van der Waals surface area contributed by atoms with Gasteiger partial charge in [-0.05, 0) is 19.4 Å². The molecule has 0 bridgehead atoms. The molecule has 10 heteroatoms. The van der Waals surface area contributed by atoms with Crippen LogP contribution >= 0.6 is 34.5 Å². The summed E-state index contributed by atoms with van der Waals surface area (Å²) < 4.78 is 28.6. The average molecular weight is 400 g/mol. The summed E-state index contributed by atoms with van der Waals surface area (Å²) in [5.74, 6) is -1.14. The van der Waals surface area contributed by atoms with E-state index in [2.05, 4.69) is 0 Å². The van der Waals surface area contributed by atoms with E-state index in [-0.39, 0.29) is 27.4 Å². The molecule has 0 aliphatic carbocycles. The van der Waals surface area contributed by atoms with E-state index in [0.717, 1.165) is 11.3 Å². The van der Waals surface area contributed by atoms with Gasteiger partial charge in [0, 0.05) is 12.6 Å². The smallest absolute Gasteiger partial charge is 0.341 e. The average Bonchev–Trinajstić information content (AvgIpc) is 2.99. The fourth-order valence-electron chi connectivity index (χ4n) is 2.43. The molecule has 1 atom stereocenters. The van der Waals surface area contributed by atoms with Crippen molar-refractivity contribution in [3.05, 3.63) is 20.3 Å². The molecule has 0 spiro atoms. The molecule has 6 nitrogen and oxygen atoms in total. The highest BCUT2D eigenvalue weighted by molar-refractivity contribution is 7.91. The third-order valence-electron chi connectivity index (χ3n) is 3.51. The Kier molecular flexibility index (Phi) is 5.94. The molecular formula is C13H15Cl2NO5S2. The number of sulfone groups is 1. The number of likely N-dealkylation sites (N-methyl/N-ethyl adjacent to an activating group) is 1. The quantitative estimate of drug-likeness (QED) is 0.709. The highest BCUT2D eigenvalue weighted by Crippen LogP contribution is 2.31. The second-order valence-corrected chi connectivity index (χ2v) is 9.56. The van der Waals surface area contributed by atoms with E-state index in [1.54, 1.807) is 6.92 Å². The van der Waals surface area contributed by atoms with Crippen LogP contribution in [-0.4, -0.2) is 55.9 Å². The Morgan fingerprint density at radius 3 is 2.61 bits per heavy atom. The van der Waals surface area contributed by atoms with Gasteiger partial charge in [-0.3, -0.25) is 4.79 Å². The summed E-state index contributed by atoms with van der Waals surface area (Å²) in [6.45, 7) is 1.63. The fraction of sp³-hybridized carbons (Fsp3) is 0.538. The molecule has 1 aliphatic heterocycles. The van der Waals surface area contributed by atoms with Crippen molar-refractivity contribution in [1.29, 1.82) is 0 Å². The second-order valence-electron chi connectivity index (χ2n) is 5.05. The molecule has 1 amide bonds. The van der Waals surface area contributed by atoms with Crippen LogP contribution in [0.25, 0.3) is 0 Å². The molecule has 0 radical (unpaired) electrons. The molecule has 1 unspecified atom stereocenters. The molecule has 2 rings (SSSR count). The van der Waals surface area contributed by atoms with Gasteiger partial charge in [0.15, 0.2) is 16.4 Å². The normalized spacial score (nSPS) is 19.5. The van der Waals surface area contributed by atoms with Crippen molar-refractivity contribution in [1.82, 2.24) is 4.90 Å². The van der Waals surface area contributed by atoms with Crippen LogP contribution in [0.4, 0.5) is 0 Å². The zero-order valence-electron chi connectivity index (χ0n) is 12.3. The third-order valence-corrected chi connectivity index (χ3v) is 6.75. The predicted octanol–water partition coefficient (Wildman–Crippen LogP) is 2.25. The largest absolute Gasteiger partial charge is 0.452 e. The van der Waals surface area contributed by atoms with Crippen LogP contribution in [0.5, 0.6) is 0 Å². The maximum Gasteiger partial charge on any atom is 0.341 e. The zero-order valence-corrected chi connectivity index (χ0v) is 15.4. The minimum Gasteiger partial charge on any atom is -0.452 e. The number of carbonyl (C=O) groups is 2. The van der Waals surface area contributed by atoms with Gasteiger partial charge in [-0.25, -0.2) is 13.2 Å². The van der Waals surface area contributed by atoms with Crippen LogP contribution in [0.15, 0.2) is 6.07 Å². The van der Waals surface area contributed by atoms with Crippen LogP contribution in [0.3, 0.4) is 0 Å². The molecule has 1 aromatic rings. The van der Waals surface area contributed by atoms with E-state index in [9.17, 15) is 18.0 Å². The number of hydrogen-bond donors (Lipinski definition) is 0. The Morgan fingerprint density at radius 1 is 1.43 bits per heavy atom. The number of thiophene rings is 1. The molecule has 1 fully saturated rings. The number of rotatable bonds is 5. The first-order valence-electron chi connectivity index (χ1n) is 6.85. The van der Waals surface area contributed by atoms with Crippen molar-refractivity contribution in [3.8, 4) is 0 Å². The first-order valence-corrected chi connectivity index (χ1v) is 10.2. The molecule has 2 heterocycles. The van der Waals surface area contributed by atoms with Gasteiger partial charge in [-0.2, -0.15) is 0 Å². The number of hydrogen-bond acceptors (Lipinski definition) is 6. The summed E-state index contributed by atoms with van der Waals surface area (Å²) in [4.78, 5) is 25.5. The van der Waals surface area contributed by atoms with Crippen LogP contribution in [0, 0.1) is 0 Å². The molecule has 1 saturated heterocycles. The molecular weight excluding hydrogens is 385 g/mol. The number of amides is 1. The lowest BCUT2D eigenvalue weighted by molar-refractivity contribution is -0.136. The van der Waals surface area contributed by atoms with Gasteiger partial charge in [-0.1, -0.05) is 23.2 Å². The summed E-state index contributed by atoms with van der Waals surface area (Å²) in [5.41, 5.74) is 0.112. The monoisotopic (exact) mass is 399 g/mol. The topological polar surface area (TPSA) is 80.8 Å². The summed E-state index contributed by atoms with van der Waals surface area (Å²) in [7, 11) is -3.09. The van der Waals surface area contributed by atoms with Gasteiger partial charge in [0.2, 0.25) is 0 Å². The van der Waals surface area contributed by atoms with Crippen molar-refractivity contribution in [2.75, 3.05) is 24.7 Å². The van der Waals surface area contributed by atoms with Crippen LogP contribution < -0.4 is 0 Å². The Hall–Kier alpha value is -0.830. The lowest BCUT2D eigenvalue weighted by Gasteiger charge is -2.26. The summed E-state index contributed by atoms with van der Waals surface area (Å²) in [6, 6.07) is 1.01. The number of esters is 1. The van der Waals surface area contributed by atoms with Crippen LogP contribution in [0.2, 0.25) is 8.67 Å². The highest BCUT2D eigenvalue weighted by Gasteiger charge is 2.34. The Morgan fingerprint density at radius 2 is 2.13 bits per heavy atom. The number of nitrogens with zero attached hydrogens (tertiary/aromatic N) is 1. The van der Waals surface area contributed by atoms with E-state index in [1.807, 2.05) is 0 Å². The highest BCUT2D eigenvalue weighted by atomic mass is 35.5. The van der Waals surface area contributed by atoms with Crippen LogP contribution in [0.1, 0.15) is 23.7 Å². The molecule has 1 aromatic heterocycles. The van der Waals surface area contributed by atoms with Crippen molar-refractivity contribution in [2.24, 2.45) is 0 Å². The first kappa shape index (κ1) is 18.5. The van der Waals surface area contributed by atoms with Crippen molar-refractivity contribution in [2.45, 2.75) is 19.4 Å². The van der Waals surface area contributed by atoms with Gasteiger partial charge >= 0.3 is 5.97 Å². The van der Waals surface area contributed by atoms with Gasteiger partial charge in [-0.15, -0.1) is 11.3 Å². The maximum absolute atomic E-state index is 12.2. The Balaban J connectivity index is 1.95. The summed E-state index contributed by atoms with van der Waals surface area (Å²) >= 11 is 12.6. The minimum atomic E-state index is -3.09. The molecule has 0 N–H and O–H groups in total. The predicted molar refractivity (Wildman–Crippen MR) is 89.1 cm³/mol. The van der Waals surface area contributed by atoms with E-state index in [4.69, 9.17) is 27.9 Å². The molecule has 23 heavy (non-hydrogen) atoms. The fourth-order valence-corrected chi connectivity index (χ4v) is 5.60. The van der Waals surface area contributed by atoms with Crippen molar-refractivity contribution >= 4 is 56.3 Å². The maximum atomic E-state index is 12.2. The SMILES string of the molecule is CCN(C(=O)COC(=O)c1cc(Cl)sc1Cl)C1CCS(=O)(=O)C1. The Labute approximate surface area is 148 Å². The van der Waals surface area contributed by atoms with Gasteiger partial charge in [0.05, 0.1) is 21.4 Å².